The summed E-state index contributed by atoms with van der Waals surface area (Å²) >= 11 is 0. The van der Waals surface area contributed by atoms with Gasteiger partial charge < -0.3 is 62.8 Å². The van der Waals surface area contributed by atoms with Crippen LogP contribution in [0.5, 0.6) is 17.2 Å². The Morgan fingerprint density at radius 1 is 0.554 bits per heavy atom. The average Bonchev–Trinajstić information content (AvgIpc) is 3.80. The Kier molecular flexibility index (Phi) is 17.4. The molecule has 0 radical (unpaired) electrons. The fourth-order valence-corrected chi connectivity index (χ4v) is 7.31. The predicted molar refractivity (Wildman–Crippen MR) is 234 cm³/mol. The number of carbonyl (C=O) groups is 7. The van der Waals surface area contributed by atoms with Gasteiger partial charge in [-0.05, 0) is 71.5 Å². The molecule has 19 nitrogen and oxygen atoms in total. The Balaban J connectivity index is 1.32. The number of nitrogens with zero attached hydrogens (tertiary/aromatic N) is 1. The number of nitrogens with one attached hydrogen (secondary N) is 5. The lowest BCUT2D eigenvalue weighted by atomic mass is 10.0. The number of rotatable bonds is 21. The van der Waals surface area contributed by atoms with E-state index < -0.39 is 90.8 Å². The van der Waals surface area contributed by atoms with Crippen LogP contribution in [0.2, 0.25) is 0 Å². The van der Waals surface area contributed by atoms with Crippen LogP contribution >= 0.6 is 0 Å². The summed E-state index contributed by atoms with van der Waals surface area (Å²) in [4.78, 5) is 95.6. The van der Waals surface area contributed by atoms with Crippen molar-refractivity contribution in [1.29, 1.82) is 0 Å². The molecule has 0 bridgehead atoms. The number of carbonyl (C=O) groups excluding carboxylic acids is 6. The zero-order chi connectivity index (χ0) is 47.0. The number of phenolic OH excluding ortho intramolecular Hbond substituents is 3. The van der Waals surface area contributed by atoms with E-state index in [1.165, 1.54) is 65.6 Å². The number of hydrogen-bond acceptors (Lipinski definition) is 12. The number of amides is 6. The molecule has 5 rings (SSSR count). The van der Waals surface area contributed by atoms with Gasteiger partial charge in [0.1, 0.15) is 53.5 Å². The number of hydrogen-bond donors (Lipinski definition) is 11. The minimum Gasteiger partial charge on any atom is -0.508 e. The second-order valence-corrected chi connectivity index (χ2v) is 15.6. The summed E-state index contributed by atoms with van der Waals surface area (Å²) in [5.74, 6) is -6.20. The number of likely N-dealkylation sites (tertiary alicyclic amines) is 1. The van der Waals surface area contributed by atoms with Crippen LogP contribution in [0.1, 0.15) is 35.1 Å². The van der Waals surface area contributed by atoms with Crippen LogP contribution in [-0.2, 0) is 59.2 Å². The van der Waals surface area contributed by atoms with Gasteiger partial charge in [-0.2, -0.15) is 0 Å². The second-order valence-electron chi connectivity index (χ2n) is 15.6. The van der Waals surface area contributed by atoms with E-state index in [2.05, 4.69) is 26.6 Å². The number of carboxylic acid groups (broad SMARTS) is 1. The van der Waals surface area contributed by atoms with Crippen molar-refractivity contribution in [1.82, 2.24) is 31.5 Å². The van der Waals surface area contributed by atoms with Crippen LogP contribution in [0, 0.1) is 0 Å². The summed E-state index contributed by atoms with van der Waals surface area (Å²) in [6.45, 7) is -1.25. The normalized spacial score (nSPS) is 15.6. The van der Waals surface area contributed by atoms with Crippen molar-refractivity contribution in [2.24, 2.45) is 5.73 Å². The van der Waals surface area contributed by atoms with E-state index >= 15 is 0 Å². The maximum absolute atomic E-state index is 14.4. The number of aromatic hydroxyl groups is 3. The predicted octanol–water partition coefficient (Wildman–Crippen LogP) is -0.475. The first-order valence-corrected chi connectivity index (χ1v) is 20.9. The highest BCUT2D eigenvalue weighted by Gasteiger charge is 2.40. The fourth-order valence-electron chi connectivity index (χ4n) is 7.31. The lowest BCUT2D eigenvalue weighted by molar-refractivity contribution is -0.143. The summed E-state index contributed by atoms with van der Waals surface area (Å²) in [5.41, 5.74) is 7.74. The van der Waals surface area contributed by atoms with Crippen LogP contribution in [0.25, 0.3) is 0 Å². The molecule has 1 aliphatic heterocycles. The number of aliphatic hydroxyl groups is 1. The molecule has 0 spiro atoms. The molecule has 4 aromatic carbocycles. The van der Waals surface area contributed by atoms with Crippen LogP contribution in [0.15, 0.2) is 103 Å². The Bertz CT molecular complexity index is 2280. The molecule has 19 heteroatoms. The first kappa shape index (κ1) is 48.5. The molecule has 65 heavy (non-hydrogen) atoms. The molecule has 1 saturated heterocycles. The molecule has 1 heterocycles. The largest absolute Gasteiger partial charge is 0.508 e. The monoisotopic (exact) mass is 895 g/mol. The van der Waals surface area contributed by atoms with Gasteiger partial charge in [0.05, 0.1) is 13.2 Å². The lowest BCUT2D eigenvalue weighted by Gasteiger charge is -2.31. The van der Waals surface area contributed by atoms with Gasteiger partial charge in [0.15, 0.2) is 0 Å². The molecular weight excluding hydrogens is 843 g/mol. The number of aliphatic carboxylic acids is 1. The van der Waals surface area contributed by atoms with E-state index in [-0.39, 0.29) is 55.9 Å². The van der Waals surface area contributed by atoms with Crippen molar-refractivity contribution >= 4 is 41.4 Å². The van der Waals surface area contributed by atoms with Crippen molar-refractivity contribution in [3.63, 3.8) is 0 Å². The number of nitrogens with two attached hydrogens (primary N) is 1. The number of phenols is 3. The SMILES string of the molecule is NCC(=O)N[C@@H](Cc1ccc(O)cc1)C(=O)N[C@@H](Cc1ccccc1)C(=O)N1CCC[C@H]1C(=O)N[C@@H](CO)C(=O)N[C@@H](Cc1ccc(O)cc1)C(=O)N[C@@H](Cc1ccc(O)cc1)C(=O)O. The molecule has 12 N–H and O–H groups in total. The Morgan fingerprint density at radius 2 is 0.969 bits per heavy atom. The van der Waals surface area contributed by atoms with Crippen molar-refractivity contribution in [2.45, 2.75) is 74.8 Å². The number of benzene rings is 4. The van der Waals surface area contributed by atoms with Crippen LogP contribution < -0.4 is 32.3 Å². The summed E-state index contributed by atoms with van der Waals surface area (Å²) in [7, 11) is 0. The first-order valence-electron chi connectivity index (χ1n) is 20.9. The minimum absolute atomic E-state index is 0.00313. The van der Waals surface area contributed by atoms with Gasteiger partial charge >= 0.3 is 5.97 Å². The maximum Gasteiger partial charge on any atom is 0.326 e. The topological polar surface area (TPSA) is 310 Å². The van der Waals surface area contributed by atoms with Crippen LogP contribution in [0.4, 0.5) is 0 Å². The van der Waals surface area contributed by atoms with Crippen LogP contribution in [-0.4, -0.2) is 128 Å². The molecule has 0 aliphatic carbocycles. The standard InChI is InChI=1S/C46H53N7O12/c47-25-40(58)48-34(21-28-8-14-31(55)15-9-28)41(59)50-36(23-27-5-2-1-3-6-27)45(63)53-20-4-7-39(53)44(62)52-38(26-54)43(61)49-35(22-29-10-16-32(56)17-11-29)42(60)51-37(46(64)65)24-30-12-18-33(57)19-13-30/h1-3,5-6,8-19,34-39,54-57H,4,7,20-26,47H2,(H,48,58)(H,49,61)(H,50,59)(H,51,60)(H,52,62)(H,64,65)/t34-,35-,36-,37-,38-,39-/m0/s1. The van der Waals surface area contributed by atoms with Gasteiger partial charge in [-0.25, -0.2) is 4.79 Å². The van der Waals surface area contributed by atoms with Gasteiger partial charge in [0.25, 0.3) is 0 Å². The summed E-state index contributed by atoms with van der Waals surface area (Å²) in [6, 6.07) is 18.0. The molecule has 4 aromatic rings. The number of carboxylic acids is 1. The Hall–Kier alpha value is -7.51. The lowest BCUT2D eigenvalue weighted by Crippen LogP contribution is -2.60. The van der Waals surface area contributed by atoms with Crippen molar-refractivity contribution in [3.05, 3.63) is 125 Å². The van der Waals surface area contributed by atoms with Gasteiger partial charge in [-0.15, -0.1) is 0 Å². The van der Waals surface area contributed by atoms with Crippen molar-refractivity contribution in [2.75, 3.05) is 19.7 Å². The van der Waals surface area contributed by atoms with E-state index in [4.69, 9.17) is 5.73 Å². The first-order chi connectivity index (χ1) is 31.1. The molecule has 344 valence electrons. The van der Waals surface area contributed by atoms with E-state index in [1.807, 2.05) is 0 Å². The summed E-state index contributed by atoms with van der Waals surface area (Å²) < 4.78 is 0. The Labute approximate surface area is 374 Å². The molecule has 6 atom stereocenters. The van der Waals surface area contributed by atoms with Crippen molar-refractivity contribution in [3.8, 4) is 17.2 Å². The highest BCUT2D eigenvalue weighted by atomic mass is 16.4. The summed E-state index contributed by atoms with van der Waals surface area (Å²) in [5, 5.41) is 62.2. The van der Waals surface area contributed by atoms with Gasteiger partial charge in [0, 0.05) is 32.2 Å². The molecule has 0 aromatic heterocycles. The van der Waals surface area contributed by atoms with Crippen LogP contribution in [0.3, 0.4) is 0 Å². The van der Waals surface area contributed by atoms with E-state index in [9.17, 15) is 59.1 Å². The summed E-state index contributed by atoms with van der Waals surface area (Å²) in [6.07, 6.45) is 0.140. The smallest absolute Gasteiger partial charge is 0.326 e. The van der Waals surface area contributed by atoms with E-state index in [0.717, 1.165) is 0 Å². The molecule has 1 fully saturated rings. The van der Waals surface area contributed by atoms with Gasteiger partial charge in [-0.3, -0.25) is 28.8 Å². The second kappa shape index (κ2) is 23.3. The molecular formula is C46H53N7O12. The molecule has 0 saturated carbocycles. The minimum atomic E-state index is -1.64. The zero-order valence-electron chi connectivity index (χ0n) is 35.3. The third-order valence-corrected chi connectivity index (χ3v) is 10.8. The molecule has 1 aliphatic rings. The third-order valence-electron chi connectivity index (χ3n) is 10.8. The Morgan fingerprint density at radius 3 is 1.45 bits per heavy atom. The van der Waals surface area contributed by atoms with Gasteiger partial charge in [-0.1, -0.05) is 66.7 Å². The van der Waals surface area contributed by atoms with Gasteiger partial charge in [0.2, 0.25) is 35.4 Å². The average molecular weight is 896 g/mol. The quantitative estimate of drug-likeness (QED) is 0.0505. The highest BCUT2D eigenvalue weighted by Crippen LogP contribution is 2.21. The van der Waals surface area contributed by atoms with E-state index in [1.54, 1.807) is 42.5 Å². The highest BCUT2D eigenvalue weighted by molar-refractivity contribution is 5.97. The number of aliphatic hydroxyl groups excluding tert-OH is 1. The zero-order valence-corrected chi connectivity index (χ0v) is 35.3. The van der Waals surface area contributed by atoms with E-state index in [0.29, 0.717) is 28.7 Å². The maximum atomic E-state index is 14.4. The fraction of sp³-hybridized carbons (Fsp3) is 0.326. The molecule has 6 amide bonds. The van der Waals surface area contributed by atoms with Crippen molar-refractivity contribution < 1.29 is 59.1 Å². The third kappa shape index (κ3) is 14.3. The molecule has 0 unspecified atom stereocenters.